The zero-order chi connectivity index (χ0) is 12.1. The third kappa shape index (κ3) is 3.50. The number of carbonyl (C=O) groups is 2. The predicted molar refractivity (Wildman–Crippen MR) is 64.4 cm³/mol. The molecule has 0 fully saturated rings. The number of carbonyl (C=O) groups excluding carboxylic acids is 2. The van der Waals surface area contributed by atoms with Gasteiger partial charge in [0, 0.05) is 18.0 Å². The monoisotopic (exact) mass is 219 g/mol. The summed E-state index contributed by atoms with van der Waals surface area (Å²) in [6, 6.07) is 5.85. The van der Waals surface area contributed by atoms with Crippen molar-refractivity contribution in [3.63, 3.8) is 0 Å². The SMILES string of the molecule is Cc1ccc(NC(=O)CC(C)C=O)c(C)c1. The molecule has 1 aromatic rings. The molecular weight excluding hydrogens is 202 g/mol. The Morgan fingerprint density at radius 3 is 2.69 bits per heavy atom. The molecule has 1 unspecified atom stereocenters. The molecule has 86 valence electrons. The van der Waals surface area contributed by atoms with Gasteiger partial charge in [-0.25, -0.2) is 0 Å². The molecule has 1 atom stereocenters. The summed E-state index contributed by atoms with van der Waals surface area (Å²) in [5, 5.41) is 2.80. The lowest BCUT2D eigenvalue weighted by Gasteiger charge is -2.09. The standard InChI is InChI=1S/C13H17NO2/c1-9-4-5-12(11(3)6-9)14-13(16)7-10(2)8-15/h4-6,8,10H,7H2,1-3H3,(H,14,16). The van der Waals surface area contributed by atoms with Crippen LogP contribution >= 0.6 is 0 Å². The number of rotatable bonds is 4. The van der Waals surface area contributed by atoms with Crippen molar-refractivity contribution < 1.29 is 9.59 Å². The van der Waals surface area contributed by atoms with E-state index in [1.54, 1.807) is 6.92 Å². The van der Waals surface area contributed by atoms with E-state index < -0.39 is 0 Å². The maximum Gasteiger partial charge on any atom is 0.225 e. The first-order valence-corrected chi connectivity index (χ1v) is 5.35. The van der Waals surface area contributed by atoms with Crippen molar-refractivity contribution in [2.45, 2.75) is 27.2 Å². The van der Waals surface area contributed by atoms with Gasteiger partial charge < -0.3 is 10.1 Å². The molecule has 0 saturated carbocycles. The molecule has 1 amide bonds. The van der Waals surface area contributed by atoms with Crippen LogP contribution in [0, 0.1) is 19.8 Å². The molecule has 0 bridgehead atoms. The summed E-state index contributed by atoms with van der Waals surface area (Å²) >= 11 is 0. The highest BCUT2D eigenvalue weighted by atomic mass is 16.1. The summed E-state index contributed by atoms with van der Waals surface area (Å²) in [7, 11) is 0. The van der Waals surface area contributed by atoms with Gasteiger partial charge in [-0.3, -0.25) is 4.79 Å². The van der Waals surface area contributed by atoms with Crippen molar-refractivity contribution in [3.8, 4) is 0 Å². The maximum absolute atomic E-state index is 11.5. The zero-order valence-electron chi connectivity index (χ0n) is 9.91. The minimum Gasteiger partial charge on any atom is -0.326 e. The third-order valence-corrected chi connectivity index (χ3v) is 2.40. The van der Waals surface area contributed by atoms with Gasteiger partial charge >= 0.3 is 0 Å². The molecule has 0 aliphatic rings. The Kier molecular flexibility index (Phi) is 4.23. The van der Waals surface area contributed by atoms with Crippen LogP contribution < -0.4 is 5.32 Å². The first kappa shape index (κ1) is 12.4. The zero-order valence-corrected chi connectivity index (χ0v) is 9.91. The molecule has 0 heterocycles. The quantitative estimate of drug-likeness (QED) is 0.791. The number of benzene rings is 1. The molecule has 0 spiro atoms. The number of aryl methyl sites for hydroxylation is 2. The highest BCUT2D eigenvalue weighted by Crippen LogP contribution is 2.16. The van der Waals surface area contributed by atoms with Gasteiger partial charge in [-0.2, -0.15) is 0 Å². The van der Waals surface area contributed by atoms with Gasteiger partial charge in [-0.15, -0.1) is 0 Å². The average molecular weight is 219 g/mol. The van der Waals surface area contributed by atoms with E-state index in [4.69, 9.17) is 0 Å². The van der Waals surface area contributed by atoms with Gasteiger partial charge in [0.05, 0.1) is 0 Å². The second-order valence-corrected chi connectivity index (χ2v) is 4.18. The minimum absolute atomic E-state index is 0.119. The summed E-state index contributed by atoms with van der Waals surface area (Å²) < 4.78 is 0. The van der Waals surface area contributed by atoms with E-state index >= 15 is 0 Å². The van der Waals surface area contributed by atoms with E-state index in [9.17, 15) is 9.59 Å². The molecular formula is C13H17NO2. The smallest absolute Gasteiger partial charge is 0.225 e. The Bertz CT molecular complexity index is 399. The van der Waals surface area contributed by atoms with E-state index in [0.29, 0.717) is 0 Å². The number of hydrogen-bond donors (Lipinski definition) is 1. The van der Waals surface area contributed by atoms with Crippen LogP contribution in [-0.2, 0) is 9.59 Å². The van der Waals surface area contributed by atoms with Gasteiger partial charge in [0.2, 0.25) is 5.91 Å². The molecule has 0 saturated heterocycles. The van der Waals surface area contributed by atoms with Gasteiger partial charge in [-0.05, 0) is 25.5 Å². The molecule has 0 aliphatic carbocycles. The fraction of sp³-hybridized carbons (Fsp3) is 0.385. The Balaban J connectivity index is 2.66. The van der Waals surface area contributed by atoms with E-state index in [1.165, 1.54) is 0 Å². The third-order valence-electron chi connectivity index (χ3n) is 2.40. The van der Waals surface area contributed by atoms with Crippen LogP contribution in [0.25, 0.3) is 0 Å². The highest BCUT2D eigenvalue weighted by molar-refractivity contribution is 5.92. The van der Waals surface area contributed by atoms with Gasteiger partial charge in [0.1, 0.15) is 6.29 Å². The van der Waals surface area contributed by atoms with Crippen molar-refractivity contribution in [2.24, 2.45) is 5.92 Å². The number of anilines is 1. The van der Waals surface area contributed by atoms with Crippen LogP contribution in [0.15, 0.2) is 18.2 Å². The van der Waals surface area contributed by atoms with E-state index in [0.717, 1.165) is 23.1 Å². The van der Waals surface area contributed by atoms with Crippen LogP contribution in [0.4, 0.5) is 5.69 Å². The number of aldehydes is 1. The Labute approximate surface area is 95.9 Å². The fourth-order valence-corrected chi connectivity index (χ4v) is 1.50. The van der Waals surface area contributed by atoms with Crippen molar-refractivity contribution >= 4 is 17.9 Å². The molecule has 1 N–H and O–H groups in total. The largest absolute Gasteiger partial charge is 0.326 e. The van der Waals surface area contributed by atoms with Crippen molar-refractivity contribution in [1.82, 2.24) is 0 Å². The Morgan fingerprint density at radius 2 is 2.12 bits per heavy atom. The number of amides is 1. The lowest BCUT2D eigenvalue weighted by atomic mass is 10.1. The van der Waals surface area contributed by atoms with Crippen LogP contribution in [0.2, 0.25) is 0 Å². The summed E-state index contributed by atoms with van der Waals surface area (Å²) in [6.07, 6.45) is 1.03. The van der Waals surface area contributed by atoms with Crippen LogP contribution in [0.1, 0.15) is 24.5 Å². The number of hydrogen-bond acceptors (Lipinski definition) is 2. The summed E-state index contributed by atoms with van der Waals surface area (Å²) in [5.41, 5.74) is 3.01. The molecule has 0 aliphatic heterocycles. The molecule has 0 aromatic heterocycles. The average Bonchev–Trinajstić information content (AvgIpc) is 2.22. The second kappa shape index (κ2) is 5.45. The lowest BCUT2D eigenvalue weighted by molar-refractivity contribution is -0.120. The molecule has 16 heavy (non-hydrogen) atoms. The molecule has 3 heteroatoms. The highest BCUT2D eigenvalue weighted by Gasteiger charge is 2.09. The maximum atomic E-state index is 11.5. The molecule has 1 rings (SSSR count). The first-order valence-electron chi connectivity index (χ1n) is 5.35. The summed E-state index contributed by atoms with van der Waals surface area (Å²) in [6.45, 7) is 5.69. The van der Waals surface area contributed by atoms with E-state index in [-0.39, 0.29) is 18.2 Å². The van der Waals surface area contributed by atoms with Gasteiger partial charge in [0.15, 0.2) is 0 Å². The van der Waals surface area contributed by atoms with Crippen molar-refractivity contribution in [1.29, 1.82) is 0 Å². The lowest BCUT2D eigenvalue weighted by Crippen LogP contribution is -2.16. The molecule has 1 aromatic carbocycles. The van der Waals surface area contributed by atoms with Crippen LogP contribution in [0.5, 0.6) is 0 Å². The first-order chi connectivity index (χ1) is 7.52. The predicted octanol–water partition coefficient (Wildman–Crippen LogP) is 2.47. The molecule has 3 nitrogen and oxygen atoms in total. The minimum atomic E-state index is -0.231. The second-order valence-electron chi connectivity index (χ2n) is 4.18. The van der Waals surface area contributed by atoms with Crippen molar-refractivity contribution in [3.05, 3.63) is 29.3 Å². The van der Waals surface area contributed by atoms with Crippen LogP contribution in [0.3, 0.4) is 0 Å². The Hall–Kier alpha value is -1.64. The topological polar surface area (TPSA) is 46.2 Å². The van der Waals surface area contributed by atoms with E-state index in [1.807, 2.05) is 32.0 Å². The summed E-state index contributed by atoms with van der Waals surface area (Å²) in [5.74, 6) is -0.350. The van der Waals surface area contributed by atoms with Gasteiger partial charge in [-0.1, -0.05) is 24.6 Å². The van der Waals surface area contributed by atoms with Gasteiger partial charge in [0.25, 0.3) is 0 Å². The number of nitrogens with one attached hydrogen (secondary N) is 1. The summed E-state index contributed by atoms with van der Waals surface area (Å²) in [4.78, 5) is 22.0. The van der Waals surface area contributed by atoms with Crippen LogP contribution in [-0.4, -0.2) is 12.2 Å². The molecule has 0 radical (unpaired) electrons. The Morgan fingerprint density at radius 1 is 1.44 bits per heavy atom. The normalized spacial score (nSPS) is 11.9. The fourth-order valence-electron chi connectivity index (χ4n) is 1.50. The van der Waals surface area contributed by atoms with E-state index in [2.05, 4.69) is 5.32 Å². The van der Waals surface area contributed by atoms with Crippen molar-refractivity contribution in [2.75, 3.05) is 5.32 Å².